The van der Waals surface area contributed by atoms with Crippen molar-refractivity contribution in [2.45, 2.75) is 39.5 Å². The van der Waals surface area contributed by atoms with Crippen LogP contribution in [-0.4, -0.2) is 20.4 Å². The van der Waals surface area contributed by atoms with Gasteiger partial charge in [-0.1, -0.05) is 13.8 Å². The van der Waals surface area contributed by atoms with Gasteiger partial charge >= 0.3 is 0 Å². The van der Waals surface area contributed by atoms with E-state index in [4.69, 9.17) is 0 Å². The van der Waals surface area contributed by atoms with Gasteiger partial charge in [0.2, 0.25) is 0 Å². The van der Waals surface area contributed by atoms with Crippen LogP contribution in [0.4, 0.5) is 0 Å². The van der Waals surface area contributed by atoms with Crippen molar-refractivity contribution in [3.63, 3.8) is 0 Å². The summed E-state index contributed by atoms with van der Waals surface area (Å²) in [6.07, 6.45) is 3.81. The van der Waals surface area contributed by atoms with E-state index < -0.39 is 0 Å². The Balaban J connectivity index is 2.58. The van der Waals surface area contributed by atoms with Gasteiger partial charge in [-0.15, -0.1) is 20.4 Å². The molecule has 12 heavy (non-hydrogen) atoms. The highest BCUT2D eigenvalue weighted by Crippen LogP contribution is 1.94. The minimum atomic E-state index is 0.748. The van der Waals surface area contributed by atoms with Gasteiger partial charge in [-0.05, 0) is 12.8 Å². The van der Waals surface area contributed by atoms with Crippen molar-refractivity contribution in [3.05, 3.63) is 11.6 Å². The molecule has 1 aromatic rings. The van der Waals surface area contributed by atoms with Gasteiger partial charge in [0.25, 0.3) is 0 Å². The van der Waals surface area contributed by atoms with E-state index in [1.54, 1.807) is 0 Å². The number of hydrogen-bond donors (Lipinski definition) is 0. The second-order valence-corrected chi connectivity index (χ2v) is 2.73. The molecule has 0 unspecified atom stereocenters. The summed E-state index contributed by atoms with van der Waals surface area (Å²) in [4.78, 5) is 0. The Kier molecular flexibility index (Phi) is 3.57. The zero-order valence-corrected chi connectivity index (χ0v) is 7.62. The fourth-order valence-corrected chi connectivity index (χ4v) is 0.918. The van der Waals surface area contributed by atoms with Gasteiger partial charge in [-0.25, -0.2) is 0 Å². The summed E-state index contributed by atoms with van der Waals surface area (Å²) in [5, 5.41) is 15.9. The average Bonchev–Trinajstić information content (AvgIpc) is 2.09. The number of rotatable bonds is 4. The van der Waals surface area contributed by atoms with E-state index in [1.165, 1.54) is 0 Å². The van der Waals surface area contributed by atoms with Crippen molar-refractivity contribution in [2.75, 3.05) is 0 Å². The molecule has 1 heterocycles. The predicted molar refractivity (Wildman–Crippen MR) is 45.6 cm³/mol. The van der Waals surface area contributed by atoms with Crippen LogP contribution in [0.2, 0.25) is 0 Å². The van der Waals surface area contributed by atoms with Crippen LogP contribution < -0.4 is 0 Å². The smallest absolute Gasteiger partial charge is 0.132 e. The van der Waals surface area contributed by atoms with Gasteiger partial charge in [-0.2, -0.15) is 0 Å². The lowest BCUT2D eigenvalue weighted by Crippen LogP contribution is -2.04. The van der Waals surface area contributed by atoms with Crippen LogP contribution in [0, 0.1) is 0 Å². The molecule has 0 radical (unpaired) electrons. The van der Waals surface area contributed by atoms with Gasteiger partial charge in [-0.3, -0.25) is 0 Å². The van der Waals surface area contributed by atoms with E-state index in [0.29, 0.717) is 0 Å². The van der Waals surface area contributed by atoms with Crippen molar-refractivity contribution >= 4 is 0 Å². The molecule has 0 atom stereocenters. The van der Waals surface area contributed by atoms with Crippen LogP contribution >= 0.6 is 0 Å². The van der Waals surface area contributed by atoms with E-state index in [0.717, 1.165) is 37.3 Å². The largest absolute Gasteiger partial charge is 0.173 e. The molecular formula is C8H14N4. The van der Waals surface area contributed by atoms with Crippen LogP contribution in [0.3, 0.4) is 0 Å². The molecule has 4 heteroatoms. The minimum Gasteiger partial charge on any atom is -0.132 e. The summed E-state index contributed by atoms with van der Waals surface area (Å²) in [7, 11) is 0. The second kappa shape index (κ2) is 4.74. The fourth-order valence-electron chi connectivity index (χ4n) is 0.918. The Morgan fingerprint density at radius 2 is 1.08 bits per heavy atom. The lowest BCUT2D eigenvalue weighted by atomic mass is 10.3. The van der Waals surface area contributed by atoms with Crippen molar-refractivity contribution in [3.8, 4) is 0 Å². The molecule has 0 spiro atoms. The maximum absolute atomic E-state index is 3.96. The summed E-state index contributed by atoms with van der Waals surface area (Å²) in [6.45, 7) is 4.17. The first-order valence-electron chi connectivity index (χ1n) is 4.42. The predicted octanol–water partition coefficient (Wildman–Crippen LogP) is 1.17. The van der Waals surface area contributed by atoms with Gasteiger partial charge in [0.05, 0.1) is 0 Å². The van der Waals surface area contributed by atoms with E-state index in [9.17, 15) is 0 Å². The molecule has 4 nitrogen and oxygen atoms in total. The van der Waals surface area contributed by atoms with E-state index in [2.05, 4.69) is 34.2 Å². The van der Waals surface area contributed by atoms with Gasteiger partial charge in [0, 0.05) is 12.8 Å². The third kappa shape index (κ3) is 2.53. The topological polar surface area (TPSA) is 51.6 Å². The molecule has 1 aromatic heterocycles. The first kappa shape index (κ1) is 9.03. The number of hydrogen-bond acceptors (Lipinski definition) is 4. The lowest BCUT2D eigenvalue weighted by molar-refractivity contribution is 0.674. The highest BCUT2D eigenvalue weighted by Gasteiger charge is 1.98. The zero-order valence-electron chi connectivity index (χ0n) is 7.62. The number of aromatic nitrogens is 4. The Labute approximate surface area is 72.4 Å². The Morgan fingerprint density at radius 1 is 0.750 bits per heavy atom. The Morgan fingerprint density at radius 3 is 1.33 bits per heavy atom. The molecule has 0 amide bonds. The highest BCUT2D eigenvalue weighted by molar-refractivity contribution is 4.82. The van der Waals surface area contributed by atoms with Crippen molar-refractivity contribution in [1.29, 1.82) is 0 Å². The zero-order chi connectivity index (χ0) is 8.81. The fraction of sp³-hybridized carbons (Fsp3) is 0.750. The first-order chi connectivity index (χ1) is 5.86. The maximum atomic E-state index is 3.96. The van der Waals surface area contributed by atoms with Crippen molar-refractivity contribution in [1.82, 2.24) is 20.4 Å². The summed E-state index contributed by atoms with van der Waals surface area (Å²) in [6, 6.07) is 0. The second-order valence-electron chi connectivity index (χ2n) is 2.73. The van der Waals surface area contributed by atoms with Crippen molar-refractivity contribution in [2.24, 2.45) is 0 Å². The monoisotopic (exact) mass is 166 g/mol. The average molecular weight is 166 g/mol. The minimum absolute atomic E-state index is 0.748. The van der Waals surface area contributed by atoms with Gasteiger partial charge in [0.15, 0.2) is 11.6 Å². The Hall–Kier alpha value is -1.06. The third-order valence-electron chi connectivity index (χ3n) is 1.51. The van der Waals surface area contributed by atoms with Gasteiger partial charge < -0.3 is 0 Å². The quantitative estimate of drug-likeness (QED) is 0.673. The number of aryl methyl sites for hydroxylation is 2. The standard InChI is InChI=1S/C8H14N4/c1-3-5-7-9-11-8(6-4-2)12-10-7/h3-6H2,1-2H3. The van der Waals surface area contributed by atoms with Crippen LogP contribution in [0.25, 0.3) is 0 Å². The number of nitrogens with zero attached hydrogens (tertiary/aromatic N) is 4. The van der Waals surface area contributed by atoms with Crippen LogP contribution in [0.5, 0.6) is 0 Å². The van der Waals surface area contributed by atoms with Gasteiger partial charge in [0.1, 0.15) is 0 Å². The molecule has 0 saturated heterocycles. The molecule has 66 valence electrons. The summed E-state index contributed by atoms with van der Waals surface area (Å²) >= 11 is 0. The summed E-state index contributed by atoms with van der Waals surface area (Å²) in [5.41, 5.74) is 0. The normalized spacial score (nSPS) is 10.2. The van der Waals surface area contributed by atoms with E-state index in [1.807, 2.05) is 0 Å². The lowest BCUT2D eigenvalue weighted by Gasteiger charge is -1.95. The van der Waals surface area contributed by atoms with Crippen molar-refractivity contribution < 1.29 is 0 Å². The first-order valence-corrected chi connectivity index (χ1v) is 4.42. The molecule has 0 aliphatic rings. The third-order valence-corrected chi connectivity index (χ3v) is 1.51. The molecule has 0 N–H and O–H groups in total. The Bertz CT molecular complexity index is 194. The van der Waals surface area contributed by atoms with Crippen LogP contribution in [0.15, 0.2) is 0 Å². The van der Waals surface area contributed by atoms with E-state index >= 15 is 0 Å². The molecule has 0 aromatic carbocycles. The summed E-state index contributed by atoms with van der Waals surface area (Å²) < 4.78 is 0. The molecule has 0 fully saturated rings. The maximum Gasteiger partial charge on any atom is 0.173 e. The molecule has 0 saturated carbocycles. The molecule has 0 aliphatic carbocycles. The molecule has 0 bridgehead atoms. The SMILES string of the molecule is CCCc1nnc(CCC)nn1. The van der Waals surface area contributed by atoms with Crippen LogP contribution in [0.1, 0.15) is 38.3 Å². The van der Waals surface area contributed by atoms with Crippen LogP contribution in [-0.2, 0) is 12.8 Å². The highest BCUT2D eigenvalue weighted by atomic mass is 15.3. The summed E-state index contributed by atoms with van der Waals surface area (Å²) in [5.74, 6) is 1.50. The molecular weight excluding hydrogens is 152 g/mol. The molecule has 1 rings (SSSR count). The van der Waals surface area contributed by atoms with E-state index in [-0.39, 0.29) is 0 Å². The molecule has 0 aliphatic heterocycles.